The highest BCUT2D eigenvalue weighted by atomic mass is 79.9. The van der Waals surface area contributed by atoms with Gasteiger partial charge in [0.05, 0.1) is 0 Å². The van der Waals surface area contributed by atoms with Gasteiger partial charge in [-0.05, 0) is 11.6 Å². The second kappa shape index (κ2) is 4.40. The zero-order valence-electron chi connectivity index (χ0n) is 6.45. The van der Waals surface area contributed by atoms with Crippen LogP contribution < -0.4 is 0 Å². The summed E-state index contributed by atoms with van der Waals surface area (Å²) in [6.07, 6.45) is 0. The Kier molecular flexibility index (Phi) is 3.71. The van der Waals surface area contributed by atoms with Gasteiger partial charge in [-0.15, -0.1) is 0 Å². The predicted molar refractivity (Wildman–Crippen MR) is 57.0 cm³/mol. The van der Waals surface area contributed by atoms with E-state index >= 15 is 0 Å². The predicted octanol–water partition coefficient (Wildman–Crippen LogP) is 3.94. The average molecular weight is 285 g/mol. The Bertz CT molecular complexity index is 354. The van der Waals surface area contributed by atoms with Gasteiger partial charge in [0.2, 0.25) is 0 Å². The van der Waals surface area contributed by atoms with Crippen molar-refractivity contribution >= 4 is 44.7 Å². The van der Waals surface area contributed by atoms with E-state index in [-0.39, 0.29) is 10.3 Å². The van der Waals surface area contributed by atoms with E-state index in [0.29, 0.717) is 16.5 Å². The normalized spacial score (nSPS) is 10.2. The molecule has 0 saturated carbocycles. The van der Waals surface area contributed by atoms with Gasteiger partial charge in [0.15, 0.2) is 11.0 Å². The highest BCUT2D eigenvalue weighted by Crippen LogP contribution is 2.26. The molecule has 0 saturated heterocycles. The molecule has 0 amide bonds. The van der Waals surface area contributed by atoms with Crippen molar-refractivity contribution in [2.24, 2.45) is 0 Å². The first-order valence-corrected chi connectivity index (χ1v) is 5.19. The molecular weight excluding hydrogens is 280 g/mol. The van der Waals surface area contributed by atoms with E-state index in [9.17, 15) is 4.39 Å². The zero-order valence-corrected chi connectivity index (χ0v) is 9.55. The molecule has 1 aromatic rings. The Morgan fingerprint density at radius 3 is 2.69 bits per heavy atom. The molecule has 0 N–H and O–H groups in total. The maximum Gasteiger partial charge on any atom is 0.166 e. The van der Waals surface area contributed by atoms with Gasteiger partial charge in [-0.1, -0.05) is 45.7 Å². The minimum atomic E-state index is -0.594. The smallest absolute Gasteiger partial charge is 0.166 e. The lowest BCUT2D eigenvalue weighted by molar-refractivity contribution is 0.621. The van der Waals surface area contributed by atoms with Gasteiger partial charge >= 0.3 is 0 Å². The number of alkyl halides is 1. The summed E-state index contributed by atoms with van der Waals surface area (Å²) < 4.78 is 12.9. The van der Waals surface area contributed by atoms with Crippen LogP contribution in [-0.2, 0) is 0 Å². The quantitative estimate of drug-likeness (QED) is 0.592. The molecule has 1 heterocycles. The number of pyridine rings is 1. The average Bonchev–Trinajstić information content (AvgIpc) is 2.10. The summed E-state index contributed by atoms with van der Waals surface area (Å²) in [6, 6.07) is 1.22. The number of aromatic nitrogens is 1. The van der Waals surface area contributed by atoms with Crippen LogP contribution in [0, 0.1) is 5.82 Å². The first-order chi connectivity index (χ1) is 6.06. The van der Waals surface area contributed by atoms with Gasteiger partial charge in [0.1, 0.15) is 5.15 Å². The molecule has 1 nitrogen and oxygen atoms in total. The van der Waals surface area contributed by atoms with Gasteiger partial charge in [0, 0.05) is 10.9 Å². The Labute approximate surface area is 93.7 Å². The Hall–Kier alpha value is -0.120. The Morgan fingerprint density at radius 2 is 2.15 bits per heavy atom. The monoisotopic (exact) mass is 283 g/mol. The minimum Gasteiger partial charge on any atom is -0.221 e. The van der Waals surface area contributed by atoms with Crippen molar-refractivity contribution in [3.63, 3.8) is 0 Å². The molecule has 0 aromatic carbocycles. The van der Waals surface area contributed by atoms with Crippen molar-refractivity contribution in [1.29, 1.82) is 0 Å². The van der Waals surface area contributed by atoms with Crippen molar-refractivity contribution in [3.05, 3.63) is 34.3 Å². The van der Waals surface area contributed by atoms with E-state index in [1.165, 1.54) is 6.07 Å². The van der Waals surface area contributed by atoms with Gasteiger partial charge in [-0.3, -0.25) is 0 Å². The summed E-state index contributed by atoms with van der Waals surface area (Å²) in [7, 11) is 0. The summed E-state index contributed by atoms with van der Waals surface area (Å²) in [6.45, 7) is 3.69. The van der Waals surface area contributed by atoms with Crippen molar-refractivity contribution in [3.8, 4) is 0 Å². The van der Waals surface area contributed by atoms with Crippen LogP contribution in [0.4, 0.5) is 4.39 Å². The molecular formula is C8H5BrCl2FN. The molecule has 0 fully saturated rings. The second-order valence-corrected chi connectivity index (χ2v) is 3.61. The van der Waals surface area contributed by atoms with Gasteiger partial charge < -0.3 is 0 Å². The molecule has 0 aliphatic rings. The lowest BCUT2D eigenvalue weighted by atomic mass is 10.1. The maximum absolute atomic E-state index is 12.9. The van der Waals surface area contributed by atoms with Crippen molar-refractivity contribution in [2.75, 3.05) is 5.33 Å². The van der Waals surface area contributed by atoms with Gasteiger partial charge in [-0.25, -0.2) is 9.37 Å². The van der Waals surface area contributed by atoms with Crippen LogP contribution in [0.5, 0.6) is 0 Å². The van der Waals surface area contributed by atoms with Crippen LogP contribution in [-0.4, -0.2) is 10.3 Å². The largest absolute Gasteiger partial charge is 0.221 e. The van der Waals surface area contributed by atoms with Crippen LogP contribution in [0.1, 0.15) is 5.56 Å². The fourth-order valence-corrected chi connectivity index (χ4v) is 1.52. The third kappa shape index (κ3) is 2.42. The number of hydrogen-bond donors (Lipinski definition) is 0. The van der Waals surface area contributed by atoms with Crippen molar-refractivity contribution in [2.45, 2.75) is 0 Å². The topological polar surface area (TPSA) is 12.9 Å². The molecule has 1 rings (SSSR count). The van der Waals surface area contributed by atoms with Gasteiger partial charge in [-0.2, -0.15) is 0 Å². The zero-order chi connectivity index (χ0) is 10.0. The maximum atomic E-state index is 12.9. The van der Waals surface area contributed by atoms with E-state index < -0.39 is 5.82 Å². The molecule has 0 unspecified atom stereocenters. The number of allylic oxidation sites excluding steroid dienone is 1. The first-order valence-electron chi connectivity index (χ1n) is 3.32. The van der Waals surface area contributed by atoms with Crippen LogP contribution in [0.25, 0.3) is 5.57 Å². The highest BCUT2D eigenvalue weighted by Gasteiger charge is 2.10. The van der Waals surface area contributed by atoms with Crippen molar-refractivity contribution < 1.29 is 4.39 Å². The van der Waals surface area contributed by atoms with Crippen LogP contribution >= 0.6 is 39.1 Å². The van der Waals surface area contributed by atoms with Crippen LogP contribution in [0.2, 0.25) is 10.3 Å². The molecule has 70 valence electrons. The molecule has 0 aliphatic carbocycles. The number of nitrogens with zero attached hydrogens (tertiary/aromatic N) is 1. The number of hydrogen-bond acceptors (Lipinski definition) is 1. The van der Waals surface area contributed by atoms with E-state index in [1.54, 1.807) is 0 Å². The fraction of sp³-hybridized carbons (Fsp3) is 0.125. The third-order valence-electron chi connectivity index (χ3n) is 1.43. The summed E-state index contributed by atoms with van der Waals surface area (Å²) in [5, 5.41) is 0.446. The third-order valence-corrected chi connectivity index (χ3v) is 2.66. The first kappa shape index (κ1) is 11.0. The molecule has 1 aromatic heterocycles. The lowest BCUT2D eigenvalue weighted by Gasteiger charge is -2.04. The summed E-state index contributed by atoms with van der Waals surface area (Å²) in [5.74, 6) is -0.594. The Morgan fingerprint density at radius 1 is 1.54 bits per heavy atom. The molecule has 0 atom stereocenters. The summed E-state index contributed by atoms with van der Waals surface area (Å²) >= 11 is 14.3. The standard InChI is InChI=1S/C8H5BrCl2FN/c1-4(3-9)5-2-6(12)8(11)13-7(5)10/h2H,1,3H2. The lowest BCUT2D eigenvalue weighted by Crippen LogP contribution is -1.92. The molecule has 0 spiro atoms. The van der Waals surface area contributed by atoms with E-state index in [1.807, 2.05) is 0 Å². The minimum absolute atomic E-state index is 0.163. The molecule has 0 bridgehead atoms. The van der Waals surface area contributed by atoms with Crippen molar-refractivity contribution in [1.82, 2.24) is 4.98 Å². The van der Waals surface area contributed by atoms with Crippen LogP contribution in [0.15, 0.2) is 12.6 Å². The van der Waals surface area contributed by atoms with E-state index in [0.717, 1.165) is 0 Å². The number of halogens is 4. The highest BCUT2D eigenvalue weighted by molar-refractivity contribution is 9.09. The molecule has 5 heteroatoms. The Balaban J connectivity index is 3.23. The second-order valence-electron chi connectivity index (χ2n) is 2.34. The van der Waals surface area contributed by atoms with Crippen LogP contribution in [0.3, 0.4) is 0 Å². The van der Waals surface area contributed by atoms with E-state index in [2.05, 4.69) is 27.5 Å². The molecule has 0 aliphatic heterocycles. The molecule has 0 radical (unpaired) electrons. The fourth-order valence-electron chi connectivity index (χ4n) is 0.766. The summed E-state index contributed by atoms with van der Waals surface area (Å²) in [5.41, 5.74) is 1.13. The van der Waals surface area contributed by atoms with Gasteiger partial charge in [0.25, 0.3) is 0 Å². The van der Waals surface area contributed by atoms with E-state index in [4.69, 9.17) is 23.2 Å². The SMILES string of the molecule is C=C(CBr)c1cc(F)c(Cl)nc1Cl. The molecule has 13 heavy (non-hydrogen) atoms. The number of rotatable bonds is 2. The summed E-state index contributed by atoms with van der Waals surface area (Å²) in [4.78, 5) is 3.62.